The molecule has 0 radical (unpaired) electrons. The molecule has 0 aliphatic rings. The van der Waals surface area contributed by atoms with Crippen LogP contribution in [0.4, 0.5) is 17.1 Å². The number of nitrogens with two attached hydrogens (primary N) is 1. The van der Waals surface area contributed by atoms with Gasteiger partial charge in [-0.2, -0.15) is 0 Å². The summed E-state index contributed by atoms with van der Waals surface area (Å²) < 4.78 is 5.03. The quantitative estimate of drug-likeness (QED) is 0.492. The fourth-order valence-corrected chi connectivity index (χ4v) is 1.69. The van der Waals surface area contributed by atoms with Crippen molar-refractivity contribution in [1.29, 1.82) is 0 Å². The summed E-state index contributed by atoms with van der Waals surface area (Å²) in [6.07, 6.45) is 1.65. The molecule has 3 N–H and O–H groups in total. The Morgan fingerprint density at radius 2 is 2.20 bits per heavy atom. The van der Waals surface area contributed by atoms with Gasteiger partial charge in [0.1, 0.15) is 0 Å². The van der Waals surface area contributed by atoms with Gasteiger partial charge in [-0.1, -0.05) is 0 Å². The minimum absolute atomic E-state index is 0.0290. The molecule has 0 saturated heterocycles. The maximum absolute atomic E-state index is 10.6. The Hall–Kier alpha value is -2.83. The highest BCUT2D eigenvalue weighted by Crippen LogP contribution is 2.24. The van der Waals surface area contributed by atoms with E-state index in [9.17, 15) is 10.1 Å². The van der Waals surface area contributed by atoms with Gasteiger partial charge in [-0.25, -0.2) is 4.98 Å². The SMILES string of the molecule is COc1cc(CNc2ccc([N+](=O)[O-])cc2N)ccn1. The molecule has 20 heavy (non-hydrogen) atoms. The highest BCUT2D eigenvalue weighted by molar-refractivity contribution is 5.69. The summed E-state index contributed by atoms with van der Waals surface area (Å²) in [4.78, 5) is 14.2. The molecule has 7 heteroatoms. The molecule has 0 saturated carbocycles. The largest absolute Gasteiger partial charge is 0.481 e. The lowest BCUT2D eigenvalue weighted by Crippen LogP contribution is -2.03. The number of hydrogen-bond acceptors (Lipinski definition) is 6. The van der Waals surface area contributed by atoms with E-state index in [1.54, 1.807) is 25.4 Å². The summed E-state index contributed by atoms with van der Waals surface area (Å²) in [6.45, 7) is 0.515. The highest BCUT2D eigenvalue weighted by Gasteiger charge is 2.08. The Labute approximate surface area is 115 Å². The number of ether oxygens (including phenoxy) is 1. The van der Waals surface area contributed by atoms with Crippen LogP contribution in [0.25, 0.3) is 0 Å². The second-order valence-corrected chi connectivity index (χ2v) is 4.09. The average Bonchev–Trinajstić information content (AvgIpc) is 2.46. The zero-order valence-electron chi connectivity index (χ0n) is 10.9. The Balaban J connectivity index is 2.08. The number of nitrogens with zero attached hydrogens (tertiary/aromatic N) is 2. The minimum Gasteiger partial charge on any atom is -0.481 e. The molecule has 0 fully saturated rings. The van der Waals surface area contributed by atoms with E-state index in [0.717, 1.165) is 5.56 Å². The molecule has 2 aromatic rings. The van der Waals surface area contributed by atoms with Gasteiger partial charge in [-0.05, 0) is 17.7 Å². The summed E-state index contributed by atoms with van der Waals surface area (Å²) in [6, 6.07) is 7.97. The third-order valence-electron chi connectivity index (χ3n) is 2.74. The van der Waals surface area contributed by atoms with Crippen molar-refractivity contribution in [3.05, 3.63) is 52.2 Å². The van der Waals surface area contributed by atoms with Gasteiger partial charge in [-0.15, -0.1) is 0 Å². The lowest BCUT2D eigenvalue weighted by Gasteiger charge is -2.09. The van der Waals surface area contributed by atoms with Crippen LogP contribution in [-0.2, 0) is 6.54 Å². The van der Waals surface area contributed by atoms with Crippen LogP contribution in [-0.4, -0.2) is 17.0 Å². The van der Waals surface area contributed by atoms with E-state index in [1.807, 2.05) is 6.07 Å². The molecule has 0 amide bonds. The fourth-order valence-electron chi connectivity index (χ4n) is 1.69. The van der Waals surface area contributed by atoms with Gasteiger partial charge in [0.05, 0.1) is 23.4 Å². The van der Waals surface area contributed by atoms with E-state index in [1.165, 1.54) is 12.1 Å². The molecule has 0 bridgehead atoms. The Morgan fingerprint density at radius 1 is 1.40 bits per heavy atom. The van der Waals surface area contributed by atoms with Gasteiger partial charge < -0.3 is 15.8 Å². The smallest absolute Gasteiger partial charge is 0.271 e. The second-order valence-electron chi connectivity index (χ2n) is 4.09. The molecular weight excluding hydrogens is 260 g/mol. The van der Waals surface area contributed by atoms with Crippen molar-refractivity contribution in [3.63, 3.8) is 0 Å². The minimum atomic E-state index is -0.478. The number of non-ortho nitro benzene ring substituents is 1. The number of nitrogens with one attached hydrogen (secondary N) is 1. The molecule has 1 heterocycles. The van der Waals surface area contributed by atoms with Crippen LogP contribution in [0.15, 0.2) is 36.5 Å². The van der Waals surface area contributed by atoms with E-state index in [4.69, 9.17) is 10.5 Å². The predicted octanol–water partition coefficient (Wildman–Crippen LogP) is 2.19. The van der Waals surface area contributed by atoms with Gasteiger partial charge >= 0.3 is 0 Å². The molecular formula is C13H14N4O3. The molecule has 1 aromatic carbocycles. The summed E-state index contributed by atoms with van der Waals surface area (Å²) >= 11 is 0. The fraction of sp³-hybridized carbons (Fsp3) is 0.154. The van der Waals surface area contributed by atoms with Crippen LogP contribution in [0.1, 0.15) is 5.56 Å². The van der Waals surface area contributed by atoms with Crippen LogP contribution in [0.3, 0.4) is 0 Å². The number of anilines is 2. The zero-order chi connectivity index (χ0) is 14.5. The summed E-state index contributed by atoms with van der Waals surface area (Å²) in [5.41, 5.74) is 7.69. The third kappa shape index (κ3) is 3.14. The summed E-state index contributed by atoms with van der Waals surface area (Å²) in [5, 5.41) is 13.7. The van der Waals surface area contributed by atoms with Gasteiger partial charge in [0.25, 0.3) is 5.69 Å². The van der Waals surface area contributed by atoms with Crippen LogP contribution >= 0.6 is 0 Å². The predicted molar refractivity (Wildman–Crippen MR) is 75.6 cm³/mol. The number of nitrogen functional groups attached to an aromatic ring is 1. The number of rotatable bonds is 5. The molecule has 7 nitrogen and oxygen atoms in total. The van der Waals surface area contributed by atoms with Crippen molar-refractivity contribution >= 4 is 17.1 Å². The average molecular weight is 274 g/mol. The van der Waals surface area contributed by atoms with E-state index in [2.05, 4.69) is 10.3 Å². The molecule has 0 unspecified atom stereocenters. The second kappa shape index (κ2) is 5.87. The molecule has 2 rings (SSSR count). The third-order valence-corrected chi connectivity index (χ3v) is 2.74. The number of hydrogen-bond donors (Lipinski definition) is 2. The highest BCUT2D eigenvalue weighted by atomic mass is 16.6. The standard InChI is InChI=1S/C13H14N4O3/c1-20-13-6-9(4-5-15-13)8-16-12-3-2-10(17(18)19)7-11(12)14/h2-7,16H,8,14H2,1H3. The molecule has 0 aliphatic heterocycles. The topological polar surface area (TPSA) is 103 Å². The van der Waals surface area contributed by atoms with E-state index >= 15 is 0 Å². The Kier molecular flexibility index (Phi) is 3.99. The molecule has 1 aromatic heterocycles. The van der Waals surface area contributed by atoms with E-state index in [0.29, 0.717) is 23.8 Å². The molecule has 0 spiro atoms. The Bertz CT molecular complexity index is 631. The number of benzene rings is 1. The van der Waals surface area contributed by atoms with Crippen molar-refractivity contribution in [2.75, 3.05) is 18.2 Å². The maximum atomic E-state index is 10.6. The van der Waals surface area contributed by atoms with Gasteiger partial charge in [0.2, 0.25) is 5.88 Å². The first-order valence-electron chi connectivity index (χ1n) is 5.87. The first kappa shape index (κ1) is 13.6. The number of aromatic nitrogens is 1. The normalized spacial score (nSPS) is 10.1. The van der Waals surface area contributed by atoms with Gasteiger partial charge in [0, 0.05) is 30.9 Å². The van der Waals surface area contributed by atoms with Crippen LogP contribution in [0.5, 0.6) is 5.88 Å². The first-order valence-corrected chi connectivity index (χ1v) is 5.87. The Morgan fingerprint density at radius 3 is 2.85 bits per heavy atom. The zero-order valence-corrected chi connectivity index (χ0v) is 10.9. The van der Waals surface area contributed by atoms with Gasteiger partial charge in [0.15, 0.2) is 0 Å². The first-order chi connectivity index (χ1) is 9.60. The van der Waals surface area contributed by atoms with Gasteiger partial charge in [-0.3, -0.25) is 10.1 Å². The molecule has 0 atom stereocenters. The van der Waals surface area contributed by atoms with Crippen LogP contribution < -0.4 is 15.8 Å². The summed E-state index contributed by atoms with van der Waals surface area (Å²) in [5.74, 6) is 0.529. The van der Waals surface area contributed by atoms with Crippen molar-refractivity contribution in [1.82, 2.24) is 4.98 Å². The van der Waals surface area contributed by atoms with Crippen molar-refractivity contribution < 1.29 is 9.66 Å². The van der Waals surface area contributed by atoms with Crippen molar-refractivity contribution in [2.45, 2.75) is 6.54 Å². The summed E-state index contributed by atoms with van der Waals surface area (Å²) in [7, 11) is 1.55. The lowest BCUT2D eigenvalue weighted by molar-refractivity contribution is -0.384. The van der Waals surface area contributed by atoms with E-state index < -0.39 is 4.92 Å². The lowest BCUT2D eigenvalue weighted by atomic mass is 10.2. The number of nitro benzene ring substituents is 1. The van der Waals surface area contributed by atoms with Crippen LogP contribution in [0, 0.1) is 10.1 Å². The van der Waals surface area contributed by atoms with Crippen molar-refractivity contribution in [2.24, 2.45) is 0 Å². The van der Waals surface area contributed by atoms with Crippen molar-refractivity contribution in [3.8, 4) is 5.88 Å². The number of nitro groups is 1. The molecule has 104 valence electrons. The number of methoxy groups -OCH3 is 1. The monoisotopic (exact) mass is 274 g/mol. The van der Waals surface area contributed by atoms with E-state index in [-0.39, 0.29) is 5.69 Å². The van der Waals surface area contributed by atoms with Crippen LogP contribution in [0.2, 0.25) is 0 Å². The number of pyridine rings is 1. The molecule has 0 aliphatic carbocycles. The maximum Gasteiger partial charge on any atom is 0.271 e.